The lowest BCUT2D eigenvalue weighted by molar-refractivity contribution is 0.244. The average Bonchev–Trinajstić information content (AvgIpc) is 2.48. The third kappa shape index (κ3) is 3.03. The molecule has 1 aromatic rings. The molecule has 2 aliphatic heterocycles. The van der Waals surface area contributed by atoms with E-state index in [9.17, 15) is 0 Å². The van der Waals surface area contributed by atoms with E-state index in [0.29, 0.717) is 18.1 Å². The monoisotopic (exact) mass is 288 g/mol. The van der Waals surface area contributed by atoms with E-state index in [1.54, 1.807) is 0 Å². The molecule has 2 saturated heterocycles. The summed E-state index contributed by atoms with van der Waals surface area (Å²) in [5.41, 5.74) is 1.31. The van der Waals surface area contributed by atoms with Gasteiger partial charge in [-0.3, -0.25) is 0 Å². The number of nitrogens with one attached hydrogen (secondary N) is 1. The first-order valence-electron chi connectivity index (χ1n) is 8.57. The molecule has 116 valence electrons. The molecule has 2 unspecified atom stereocenters. The number of hydrogen-bond acceptors (Lipinski definition) is 3. The van der Waals surface area contributed by atoms with Crippen molar-refractivity contribution in [2.45, 2.75) is 64.1 Å². The van der Waals surface area contributed by atoms with Crippen molar-refractivity contribution in [1.82, 2.24) is 5.32 Å². The van der Waals surface area contributed by atoms with E-state index in [1.807, 2.05) is 0 Å². The van der Waals surface area contributed by atoms with Gasteiger partial charge in [-0.05, 0) is 57.7 Å². The van der Waals surface area contributed by atoms with Crippen molar-refractivity contribution in [2.75, 3.05) is 18.1 Å². The molecule has 21 heavy (non-hydrogen) atoms. The van der Waals surface area contributed by atoms with Crippen molar-refractivity contribution in [3.8, 4) is 5.75 Å². The Morgan fingerprint density at radius 1 is 1.14 bits per heavy atom. The van der Waals surface area contributed by atoms with Gasteiger partial charge in [-0.25, -0.2) is 0 Å². The molecule has 0 aliphatic carbocycles. The van der Waals surface area contributed by atoms with Crippen LogP contribution >= 0.6 is 0 Å². The van der Waals surface area contributed by atoms with E-state index in [1.165, 1.54) is 37.8 Å². The maximum atomic E-state index is 5.87. The molecule has 0 spiro atoms. The lowest BCUT2D eigenvalue weighted by Gasteiger charge is -2.50. The highest BCUT2D eigenvalue weighted by Gasteiger charge is 2.38. The van der Waals surface area contributed by atoms with Gasteiger partial charge in [0.1, 0.15) is 5.75 Å². The highest BCUT2D eigenvalue weighted by Crippen LogP contribution is 2.41. The lowest BCUT2D eigenvalue weighted by Crippen LogP contribution is -2.56. The first-order valence-corrected chi connectivity index (χ1v) is 8.57. The third-order valence-corrected chi connectivity index (χ3v) is 4.91. The van der Waals surface area contributed by atoms with E-state index in [-0.39, 0.29) is 0 Å². The fourth-order valence-electron chi connectivity index (χ4n) is 4.18. The van der Waals surface area contributed by atoms with Crippen LogP contribution in [0.4, 0.5) is 5.69 Å². The number of rotatable bonds is 5. The zero-order chi connectivity index (χ0) is 14.7. The van der Waals surface area contributed by atoms with Crippen molar-refractivity contribution in [3.05, 3.63) is 24.3 Å². The minimum Gasteiger partial charge on any atom is -0.492 e. The molecule has 3 rings (SSSR count). The van der Waals surface area contributed by atoms with E-state index >= 15 is 0 Å². The third-order valence-electron chi connectivity index (χ3n) is 4.91. The van der Waals surface area contributed by atoms with Crippen LogP contribution in [0.1, 0.15) is 46.0 Å². The van der Waals surface area contributed by atoms with E-state index in [4.69, 9.17) is 4.74 Å². The van der Waals surface area contributed by atoms with Gasteiger partial charge in [0.25, 0.3) is 0 Å². The minimum atomic E-state index is 0.670. The summed E-state index contributed by atoms with van der Waals surface area (Å²) in [6.45, 7) is 6.10. The number of para-hydroxylation sites is 2. The first kappa shape index (κ1) is 14.7. The smallest absolute Gasteiger partial charge is 0.142 e. The Hall–Kier alpha value is -1.22. The largest absolute Gasteiger partial charge is 0.492 e. The molecule has 1 N–H and O–H groups in total. The Morgan fingerprint density at radius 2 is 1.86 bits per heavy atom. The fourth-order valence-corrected chi connectivity index (χ4v) is 4.18. The molecule has 2 aliphatic rings. The zero-order valence-corrected chi connectivity index (χ0v) is 13.3. The van der Waals surface area contributed by atoms with Gasteiger partial charge in [-0.1, -0.05) is 19.1 Å². The van der Waals surface area contributed by atoms with Crippen LogP contribution in [-0.4, -0.2) is 31.3 Å². The Balaban J connectivity index is 1.85. The molecule has 2 bridgehead atoms. The van der Waals surface area contributed by atoms with Crippen molar-refractivity contribution < 1.29 is 4.74 Å². The Kier molecular flexibility index (Phi) is 4.69. The second-order valence-corrected chi connectivity index (χ2v) is 6.27. The van der Waals surface area contributed by atoms with Crippen LogP contribution in [0.3, 0.4) is 0 Å². The standard InChI is InChI=1S/C18H28N2O/c1-3-19-14-12-15-8-7-9-16(13-14)20(15)17-10-5-6-11-18(17)21-4-2/h5-6,10-11,14-16,19H,3-4,7-9,12-13H2,1-2H3. The summed E-state index contributed by atoms with van der Waals surface area (Å²) in [6, 6.07) is 10.6. The van der Waals surface area contributed by atoms with E-state index in [2.05, 4.69) is 48.3 Å². The summed E-state index contributed by atoms with van der Waals surface area (Å²) in [5, 5.41) is 3.67. The second kappa shape index (κ2) is 6.69. The number of hydrogen-bond donors (Lipinski definition) is 1. The number of fused-ring (bicyclic) bond motifs is 2. The van der Waals surface area contributed by atoms with Crippen LogP contribution in [-0.2, 0) is 0 Å². The van der Waals surface area contributed by atoms with Crippen LogP contribution in [0.25, 0.3) is 0 Å². The summed E-state index contributed by atoms with van der Waals surface area (Å²) in [5.74, 6) is 1.05. The minimum absolute atomic E-state index is 0.670. The molecule has 0 saturated carbocycles. The van der Waals surface area contributed by atoms with Crippen LogP contribution in [0, 0.1) is 0 Å². The average molecular weight is 288 g/mol. The van der Waals surface area contributed by atoms with Gasteiger partial charge in [-0.2, -0.15) is 0 Å². The van der Waals surface area contributed by atoms with E-state index in [0.717, 1.165) is 18.9 Å². The van der Waals surface area contributed by atoms with Crippen molar-refractivity contribution in [2.24, 2.45) is 0 Å². The highest BCUT2D eigenvalue weighted by atomic mass is 16.5. The van der Waals surface area contributed by atoms with Gasteiger partial charge in [0, 0.05) is 18.1 Å². The summed E-state index contributed by atoms with van der Waals surface area (Å²) in [7, 11) is 0. The van der Waals surface area contributed by atoms with Crippen molar-refractivity contribution >= 4 is 5.69 Å². The molecule has 2 atom stereocenters. The number of nitrogens with zero attached hydrogens (tertiary/aromatic N) is 1. The van der Waals surface area contributed by atoms with Gasteiger partial charge in [0.2, 0.25) is 0 Å². The van der Waals surface area contributed by atoms with E-state index < -0.39 is 0 Å². The summed E-state index contributed by atoms with van der Waals surface area (Å²) in [4.78, 5) is 2.67. The maximum absolute atomic E-state index is 5.87. The van der Waals surface area contributed by atoms with Gasteiger partial charge in [0.15, 0.2) is 0 Å². The summed E-state index contributed by atoms with van der Waals surface area (Å²) in [6.07, 6.45) is 6.55. The van der Waals surface area contributed by atoms with Crippen LogP contribution in [0.15, 0.2) is 24.3 Å². The van der Waals surface area contributed by atoms with Crippen LogP contribution in [0.2, 0.25) is 0 Å². The summed E-state index contributed by atoms with van der Waals surface area (Å²) < 4.78 is 5.87. The molecule has 0 aromatic heterocycles. The predicted octanol–water partition coefficient (Wildman–Crippen LogP) is 3.58. The number of anilines is 1. The first-order chi connectivity index (χ1) is 10.3. The van der Waals surface area contributed by atoms with Crippen molar-refractivity contribution in [3.63, 3.8) is 0 Å². The van der Waals surface area contributed by atoms with Crippen molar-refractivity contribution in [1.29, 1.82) is 0 Å². The molecule has 0 radical (unpaired) electrons. The zero-order valence-electron chi connectivity index (χ0n) is 13.3. The highest BCUT2D eigenvalue weighted by molar-refractivity contribution is 5.60. The quantitative estimate of drug-likeness (QED) is 0.896. The summed E-state index contributed by atoms with van der Waals surface area (Å²) >= 11 is 0. The Morgan fingerprint density at radius 3 is 2.52 bits per heavy atom. The van der Waals surface area contributed by atoms with Crippen LogP contribution in [0.5, 0.6) is 5.75 Å². The molecule has 3 nitrogen and oxygen atoms in total. The molecular weight excluding hydrogens is 260 g/mol. The molecule has 1 aromatic carbocycles. The van der Waals surface area contributed by atoms with Gasteiger partial charge in [-0.15, -0.1) is 0 Å². The lowest BCUT2D eigenvalue weighted by atomic mass is 9.81. The molecular formula is C18H28N2O. The number of ether oxygens (including phenoxy) is 1. The van der Waals surface area contributed by atoms with Gasteiger partial charge >= 0.3 is 0 Å². The SMILES string of the molecule is CCNC1CC2CCCC(C1)N2c1ccccc1OCC. The molecule has 3 heteroatoms. The normalized spacial score (nSPS) is 28.5. The number of benzene rings is 1. The van der Waals surface area contributed by atoms with Gasteiger partial charge < -0.3 is 15.0 Å². The maximum Gasteiger partial charge on any atom is 0.142 e. The van der Waals surface area contributed by atoms with Crippen LogP contribution < -0.4 is 15.0 Å². The van der Waals surface area contributed by atoms with Gasteiger partial charge in [0.05, 0.1) is 12.3 Å². The number of piperidine rings is 2. The topological polar surface area (TPSA) is 24.5 Å². The Bertz CT molecular complexity index is 448. The molecule has 0 amide bonds. The molecule has 2 fully saturated rings. The predicted molar refractivity (Wildman–Crippen MR) is 88.2 cm³/mol. The Labute approximate surface area is 128 Å². The molecule has 2 heterocycles. The second-order valence-electron chi connectivity index (χ2n) is 6.27. The fraction of sp³-hybridized carbons (Fsp3) is 0.667.